The van der Waals surface area contributed by atoms with E-state index in [1.165, 1.54) is 0 Å². The second-order valence-electron chi connectivity index (χ2n) is 8.69. The zero-order valence-corrected chi connectivity index (χ0v) is 19.5. The fourth-order valence-electron chi connectivity index (χ4n) is 4.55. The quantitative estimate of drug-likeness (QED) is 0.642. The van der Waals surface area contributed by atoms with Crippen LogP contribution in [0.1, 0.15) is 44.2 Å². The number of amides is 1. The molecule has 0 spiro atoms. The second-order valence-corrected chi connectivity index (χ2v) is 8.69. The van der Waals surface area contributed by atoms with Crippen LogP contribution in [0.4, 0.5) is 5.69 Å². The number of ether oxygens (including phenoxy) is 3. The van der Waals surface area contributed by atoms with Gasteiger partial charge in [0.25, 0.3) is 0 Å². The van der Waals surface area contributed by atoms with Crippen LogP contribution in [0.3, 0.4) is 0 Å². The summed E-state index contributed by atoms with van der Waals surface area (Å²) in [5, 5.41) is 3.31. The Labute approximate surface area is 185 Å². The van der Waals surface area contributed by atoms with Gasteiger partial charge in [0.2, 0.25) is 5.91 Å². The van der Waals surface area contributed by atoms with Crippen molar-refractivity contribution in [1.29, 1.82) is 0 Å². The van der Waals surface area contributed by atoms with Crippen LogP contribution >= 0.6 is 0 Å². The molecule has 1 atom stereocenters. The van der Waals surface area contributed by atoms with Gasteiger partial charge in [0.05, 0.1) is 27.9 Å². The van der Waals surface area contributed by atoms with Crippen LogP contribution in [-0.4, -0.2) is 45.9 Å². The molecular formula is C25H34N2O4. The van der Waals surface area contributed by atoms with Gasteiger partial charge in [0, 0.05) is 11.2 Å². The molecule has 1 amide bonds. The van der Waals surface area contributed by atoms with Crippen molar-refractivity contribution in [3.63, 3.8) is 0 Å². The van der Waals surface area contributed by atoms with E-state index in [0.29, 0.717) is 24.0 Å². The van der Waals surface area contributed by atoms with Gasteiger partial charge in [-0.1, -0.05) is 13.0 Å². The summed E-state index contributed by atoms with van der Waals surface area (Å²) in [6.45, 7) is 7.47. The summed E-state index contributed by atoms with van der Waals surface area (Å²) in [7, 11) is 4.93. The molecule has 3 rings (SSSR count). The van der Waals surface area contributed by atoms with E-state index < -0.39 is 0 Å². The van der Waals surface area contributed by atoms with Gasteiger partial charge in [-0.3, -0.25) is 4.79 Å². The molecule has 0 bridgehead atoms. The highest BCUT2D eigenvalue weighted by molar-refractivity contribution is 5.97. The molecule has 2 aromatic carbocycles. The SMILES string of the molecule is COc1ccc2c(c1)C(C)CC(C)(C)N2C(=O)CNCCc1ccc(OC)c(OC)c1. The van der Waals surface area contributed by atoms with Gasteiger partial charge in [-0.2, -0.15) is 0 Å². The lowest BCUT2D eigenvalue weighted by Crippen LogP contribution is -2.54. The summed E-state index contributed by atoms with van der Waals surface area (Å²) in [5.74, 6) is 2.70. The number of benzene rings is 2. The Morgan fingerprint density at radius 1 is 1.06 bits per heavy atom. The summed E-state index contributed by atoms with van der Waals surface area (Å²) in [5.41, 5.74) is 3.03. The Morgan fingerprint density at radius 3 is 2.48 bits per heavy atom. The van der Waals surface area contributed by atoms with Crippen molar-refractivity contribution in [2.45, 2.75) is 45.1 Å². The molecule has 168 valence electrons. The monoisotopic (exact) mass is 426 g/mol. The number of anilines is 1. The average molecular weight is 427 g/mol. The number of nitrogens with zero attached hydrogens (tertiary/aromatic N) is 1. The van der Waals surface area contributed by atoms with Gasteiger partial charge >= 0.3 is 0 Å². The molecule has 1 N–H and O–H groups in total. The summed E-state index contributed by atoms with van der Waals surface area (Å²) in [6.07, 6.45) is 1.70. The second kappa shape index (κ2) is 9.60. The topological polar surface area (TPSA) is 60.0 Å². The maximum absolute atomic E-state index is 13.2. The molecule has 0 saturated carbocycles. The number of hydrogen-bond acceptors (Lipinski definition) is 5. The van der Waals surface area contributed by atoms with Crippen LogP contribution in [0.2, 0.25) is 0 Å². The first-order chi connectivity index (χ1) is 14.8. The molecule has 0 aliphatic carbocycles. The lowest BCUT2D eigenvalue weighted by atomic mass is 9.80. The molecule has 2 aromatic rings. The molecule has 0 radical (unpaired) electrons. The highest BCUT2D eigenvalue weighted by Gasteiger charge is 2.39. The maximum Gasteiger partial charge on any atom is 0.241 e. The van der Waals surface area contributed by atoms with E-state index in [4.69, 9.17) is 14.2 Å². The Balaban J connectivity index is 1.65. The first kappa shape index (κ1) is 22.9. The predicted molar refractivity (Wildman–Crippen MR) is 124 cm³/mol. The van der Waals surface area contributed by atoms with E-state index in [1.807, 2.05) is 35.2 Å². The van der Waals surface area contributed by atoms with E-state index in [1.54, 1.807) is 21.3 Å². The van der Waals surface area contributed by atoms with Gasteiger partial charge < -0.3 is 24.4 Å². The smallest absolute Gasteiger partial charge is 0.241 e. The number of methoxy groups -OCH3 is 3. The first-order valence-electron chi connectivity index (χ1n) is 10.7. The van der Waals surface area contributed by atoms with Crippen LogP contribution in [0.25, 0.3) is 0 Å². The van der Waals surface area contributed by atoms with Crippen molar-refractivity contribution < 1.29 is 19.0 Å². The number of fused-ring (bicyclic) bond motifs is 1. The Morgan fingerprint density at radius 2 is 1.81 bits per heavy atom. The van der Waals surface area contributed by atoms with Crippen molar-refractivity contribution in [2.24, 2.45) is 0 Å². The van der Waals surface area contributed by atoms with Crippen molar-refractivity contribution in [1.82, 2.24) is 5.32 Å². The fraction of sp³-hybridized carbons (Fsp3) is 0.480. The largest absolute Gasteiger partial charge is 0.497 e. The highest BCUT2D eigenvalue weighted by atomic mass is 16.5. The number of carbonyl (C=O) groups excluding carboxylic acids is 1. The summed E-state index contributed by atoms with van der Waals surface area (Å²) in [6, 6.07) is 11.9. The standard InChI is InChI=1S/C25H34N2O4/c1-17-15-25(2,3)27(21-9-8-19(29-4)14-20(17)21)24(28)16-26-12-11-18-7-10-22(30-5)23(13-18)31-6/h7-10,13-14,17,26H,11-12,15-16H2,1-6H3. The molecule has 0 aromatic heterocycles. The third-order valence-corrected chi connectivity index (χ3v) is 5.98. The van der Waals surface area contributed by atoms with Crippen LogP contribution < -0.4 is 24.4 Å². The van der Waals surface area contributed by atoms with Gasteiger partial charge in [0.15, 0.2) is 11.5 Å². The Bertz CT molecular complexity index is 926. The van der Waals surface area contributed by atoms with Crippen molar-refractivity contribution in [2.75, 3.05) is 39.3 Å². The number of hydrogen-bond donors (Lipinski definition) is 1. The summed E-state index contributed by atoms with van der Waals surface area (Å²) in [4.78, 5) is 15.2. The molecule has 6 heteroatoms. The number of nitrogens with one attached hydrogen (secondary N) is 1. The highest BCUT2D eigenvalue weighted by Crippen LogP contribution is 2.44. The number of rotatable bonds is 8. The minimum absolute atomic E-state index is 0.0793. The van der Waals surface area contributed by atoms with E-state index in [9.17, 15) is 4.79 Å². The molecule has 1 aliphatic rings. The van der Waals surface area contributed by atoms with Crippen LogP contribution in [0.15, 0.2) is 36.4 Å². The lowest BCUT2D eigenvalue weighted by Gasteiger charge is -2.46. The van der Waals surface area contributed by atoms with E-state index in [2.05, 4.69) is 32.2 Å². The molecule has 1 heterocycles. The number of carbonyl (C=O) groups is 1. The van der Waals surface area contributed by atoms with Crippen molar-refractivity contribution in [3.05, 3.63) is 47.5 Å². The maximum atomic E-state index is 13.2. The lowest BCUT2D eigenvalue weighted by molar-refractivity contribution is -0.119. The van der Waals surface area contributed by atoms with Gasteiger partial charge in [-0.05, 0) is 80.6 Å². The molecule has 0 saturated heterocycles. The van der Waals surface area contributed by atoms with Crippen molar-refractivity contribution >= 4 is 11.6 Å². The van der Waals surface area contributed by atoms with E-state index in [0.717, 1.165) is 35.4 Å². The molecular weight excluding hydrogens is 392 g/mol. The molecule has 1 unspecified atom stereocenters. The van der Waals surface area contributed by atoms with Gasteiger partial charge in [-0.25, -0.2) is 0 Å². The van der Waals surface area contributed by atoms with Crippen LogP contribution in [-0.2, 0) is 11.2 Å². The Hall–Kier alpha value is -2.73. The minimum Gasteiger partial charge on any atom is -0.497 e. The third kappa shape index (κ3) is 4.96. The average Bonchev–Trinajstić information content (AvgIpc) is 2.75. The first-order valence-corrected chi connectivity index (χ1v) is 10.7. The summed E-state index contributed by atoms with van der Waals surface area (Å²) < 4.78 is 16.1. The van der Waals surface area contributed by atoms with E-state index in [-0.39, 0.29) is 18.0 Å². The van der Waals surface area contributed by atoms with E-state index >= 15 is 0 Å². The molecule has 1 aliphatic heterocycles. The van der Waals surface area contributed by atoms with Gasteiger partial charge in [0.1, 0.15) is 5.75 Å². The predicted octanol–water partition coefficient (Wildman–Crippen LogP) is 4.16. The van der Waals surface area contributed by atoms with Gasteiger partial charge in [-0.15, -0.1) is 0 Å². The molecule has 0 fully saturated rings. The third-order valence-electron chi connectivity index (χ3n) is 5.98. The normalized spacial score (nSPS) is 17.1. The Kier molecular flexibility index (Phi) is 7.11. The molecule has 6 nitrogen and oxygen atoms in total. The zero-order valence-electron chi connectivity index (χ0n) is 19.5. The zero-order chi connectivity index (χ0) is 22.6. The summed E-state index contributed by atoms with van der Waals surface area (Å²) >= 11 is 0. The van der Waals surface area contributed by atoms with Crippen LogP contribution in [0, 0.1) is 0 Å². The van der Waals surface area contributed by atoms with Crippen LogP contribution in [0.5, 0.6) is 17.2 Å². The molecule has 31 heavy (non-hydrogen) atoms. The minimum atomic E-state index is -0.247. The van der Waals surface area contributed by atoms with Crippen molar-refractivity contribution in [3.8, 4) is 17.2 Å². The fourth-order valence-corrected chi connectivity index (χ4v) is 4.55.